The zero-order valence-corrected chi connectivity index (χ0v) is 11.9. The summed E-state index contributed by atoms with van der Waals surface area (Å²) < 4.78 is 7.60. The number of hydrogen-bond donors (Lipinski definition) is 0. The van der Waals surface area contributed by atoms with Crippen molar-refractivity contribution >= 4 is 0 Å². The van der Waals surface area contributed by atoms with E-state index < -0.39 is 0 Å². The van der Waals surface area contributed by atoms with Gasteiger partial charge in [0.05, 0.1) is 11.9 Å². The van der Waals surface area contributed by atoms with Crippen molar-refractivity contribution in [2.24, 2.45) is 0 Å². The molecule has 1 aromatic carbocycles. The molecule has 0 aliphatic rings. The van der Waals surface area contributed by atoms with E-state index >= 15 is 0 Å². The van der Waals surface area contributed by atoms with Gasteiger partial charge in [0.1, 0.15) is 12.9 Å². The Bertz CT molecular complexity index is 690. The maximum atomic E-state index is 5.64. The molecule has 0 bridgehead atoms. The van der Waals surface area contributed by atoms with Crippen LogP contribution in [0.5, 0.6) is 5.88 Å². The Morgan fingerprint density at radius 3 is 2.62 bits per heavy atom. The van der Waals surface area contributed by atoms with Gasteiger partial charge in [-0.25, -0.2) is 4.98 Å². The maximum Gasteiger partial charge on any atom is 0.232 e. The first-order chi connectivity index (χ1) is 10.3. The van der Waals surface area contributed by atoms with Gasteiger partial charge in [0, 0.05) is 11.9 Å². The molecule has 2 aromatic heterocycles. The van der Waals surface area contributed by atoms with Crippen LogP contribution < -0.4 is 4.74 Å². The Labute approximate surface area is 124 Å². The summed E-state index contributed by atoms with van der Waals surface area (Å²) in [5.74, 6) is 0.597. The average Bonchev–Trinajstić information content (AvgIpc) is 3.03. The number of aromatic nitrogens is 3. The molecule has 0 radical (unpaired) electrons. The number of ether oxygens (including phenoxy) is 1. The van der Waals surface area contributed by atoms with Crippen LogP contribution in [0.3, 0.4) is 0 Å². The lowest BCUT2D eigenvalue weighted by Crippen LogP contribution is -1.97. The Morgan fingerprint density at radius 1 is 1.05 bits per heavy atom. The molecular weight excluding hydrogens is 262 g/mol. The zero-order valence-electron chi connectivity index (χ0n) is 11.9. The smallest absolute Gasteiger partial charge is 0.232 e. The Morgan fingerprint density at radius 2 is 1.90 bits per heavy atom. The molecule has 106 valence electrons. The molecule has 0 aliphatic carbocycles. The summed E-state index contributed by atoms with van der Waals surface area (Å²) in [5.41, 5.74) is 3.29. The minimum atomic E-state index is 0.423. The summed E-state index contributed by atoms with van der Waals surface area (Å²) in [4.78, 5) is 8.48. The highest BCUT2D eigenvalue weighted by molar-refractivity contribution is 5.35. The summed E-state index contributed by atoms with van der Waals surface area (Å²) in [6, 6.07) is 14.2. The van der Waals surface area contributed by atoms with Crippen LogP contribution in [0.1, 0.15) is 18.2 Å². The van der Waals surface area contributed by atoms with Crippen LogP contribution in [0.25, 0.3) is 5.69 Å². The fraction of sp³-hybridized carbons (Fsp3) is 0.176. The van der Waals surface area contributed by atoms with Gasteiger partial charge in [-0.1, -0.05) is 25.1 Å². The molecule has 2 heterocycles. The highest BCUT2D eigenvalue weighted by Crippen LogP contribution is 2.15. The third-order valence-electron chi connectivity index (χ3n) is 3.30. The molecule has 4 nitrogen and oxygen atoms in total. The van der Waals surface area contributed by atoms with Gasteiger partial charge < -0.3 is 9.30 Å². The fourth-order valence-electron chi connectivity index (χ4n) is 2.06. The SMILES string of the molecule is CCc1ccc(-n2cnc(OCc3ccccn3)c2)cc1. The molecule has 0 amide bonds. The van der Waals surface area contributed by atoms with Crippen molar-refractivity contribution in [3.05, 3.63) is 72.4 Å². The number of benzene rings is 1. The minimum Gasteiger partial charge on any atom is -0.470 e. The number of imidazole rings is 1. The molecule has 21 heavy (non-hydrogen) atoms. The van der Waals surface area contributed by atoms with E-state index in [0.717, 1.165) is 17.8 Å². The molecule has 0 N–H and O–H groups in total. The zero-order chi connectivity index (χ0) is 14.5. The lowest BCUT2D eigenvalue weighted by Gasteiger charge is -2.03. The van der Waals surface area contributed by atoms with E-state index in [4.69, 9.17) is 4.74 Å². The maximum absolute atomic E-state index is 5.64. The number of nitrogens with zero attached hydrogens (tertiary/aromatic N) is 3. The molecule has 4 heteroatoms. The van der Waals surface area contributed by atoms with Gasteiger partial charge in [0.2, 0.25) is 5.88 Å². The summed E-state index contributed by atoms with van der Waals surface area (Å²) >= 11 is 0. The van der Waals surface area contributed by atoms with E-state index in [2.05, 4.69) is 41.2 Å². The molecule has 0 saturated carbocycles. The van der Waals surface area contributed by atoms with Gasteiger partial charge in [0.15, 0.2) is 0 Å². The number of aryl methyl sites for hydroxylation is 1. The minimum absolute atomic E-state index is 0.423. The molecule has 3 aromatic rings. The molecule has 0 unspecified atom stereocenters. The lowest BCUT2D eigenvalue weighted by molar-refractivity contribution is 0.290. The van der Waals surface area contributed by atoms with Gasteiger partial charge in [-0.15, -0.1) is 0 Å². The first-order valence-electron chi connectivity index (χ1n) is 7.01. The van der Waals surface area contributed by atoms with E-state index in [1.165, 1.54) is 5.56 Å². The first kappa shape index (κ1) is 13.4. The number of hydrogen-bond acceptors (Lipinski definition) is 3. The lowest BCUT2D eigenvalue weighted by atomic mass is 10.1. The highest BCUT2D eigenvalue weighted by Gasteiger charge is 2.03. The van der Waals surface area contributed by atoms with Crippen LogP contribution in [0.2, 0.25) is 0 Å². The van der Waals surface area contributed by atoms with Gasteiger partial charge in [-0.2, -0.15) is 0 Å². The van der Waals surface area contributed by atoms with E-state index in [-0.39, 0.29) is 0 Å². The summed E-state index contributed by atoms with van der Waals surface area (Å²) in [6.45, 7) is 2.57. The summed E-state index contributed by atoms with van der Waals surface area (Å²) in [7, 11) is 0. The average molecular weight is 279 g/mol. The topological polar surface area (TPSA) is 39.9 Å². The second-order valence-corrected chi connectivity index (χ2v) is 4.75. The van der Waals surface area contributed by atoms with Gasteiger partial charge in [0.25, 0.3) is 0 Å². The van der Waals surface area contributed by atoms with Crippen molar-refractivity contribution in [2.45, 2.75) is 20.0 Å². The fourth-order valence-corrected chi connectivity index (χ4v) is 2.06. The van der Waals surface area contributed by atoms with E-state index in [1.807, 2.05) is 29.0 Å². The normalized spacial score (nSPS) is 10.5. The molecule has 0 saturated heterocycles. The third kappa shape index (κ3) is 3.28. The predicted octanol–water partition coefficient (Wildman–Crippen LogP) is 3.41. The van der Waals surface area contributed by atoms with Gasteiger partial charge in [-0.3, -0.25) is 4.98 Å². The van der Waals surface area contributed by atoms with Crippen LogP contribution in [-0.4, -0.2) is 14.5 Å². The largest absolute Gasteiger partial charge is 0.470 e. The van der Waals surface area contributed by atoms with E-state index in [0.29, 0.717) is 12.5 Å². The Kier molecular flexibility index (Phi) is 3.96. The van der Waals surface area contributed by atoms with Crippen molar-refractivity contribution in [2.75, 3.05) is 0 Å². The van der Waals surface area contributed by atoms with Gasteiger partial charge in [-0.05, 0) is 36.2 Å². The van der Waals surface area contributed by atoms with Crippen molar-refractivity contribution in [3.63, 3.8) is 0 Å². The summed E-state index contributed by atoms with van der Waals surface area (Å²) in [6.07, 6.45) is 6.44. The first-order valence-corrected chi connectivity index (χ1v) is 7.01. The molecular formula is C17H17N3O. The van der Waals surface area contributed by atoms with Crippen molar-refractivity contribution in [1.29, 1.82) is 0 Å². The second kappa shape index (κ2) is 6.22. The highest BCUT2D eigenvalue weighted by atomic mass is 16.5. The molecule has 0 atom stereocenters. The van der Waals surface area contributed by atoms with Crippen LogP contribution in [0.4, 0.5) is 0 Å². The van der Waals surface area contributed by atoms with Crippen molar-refractivity contribution in [3.8, 4) is 11.6 Å². The second-order valence-electron chi connectivity index (χ2n) is 4.75. The van der Waals surface area contributed by atoms with Crippen molar-refractivity contribution in [1.82, 2.24) is 14.5 Å². The Balaban J connectivity index is 1.68. The molecule has 0 spiro atoms. The standard InChI is InChI=1S/C17H17N3O/c1-2-14-6-8-16(9-7-14)20-11-17(19-13-20)21-12-15-5-3-4-10-18-15/h3-11,13H,2,12H2,1H3. The molecule has 3 rings (SSSR count). The summed E-state index contributed by atoms with van der Waals surface area (Å²) in [5, 5.41) is 0. The molecule has 0 fully saturated rings. The quantitative estimate of drug-likeness (QED) is 0.718. The van der Waals surface area contributed by atoms with Crippen LogP contribution in [0.15, 0.2) is 61.2 Å². The Hall–Kier alpha value is -2.62. The van der Waals surface area contributed by atoms with E-state index in [9.17, 15) is 0 Å². The number of rotatable bonds is 5. The monoisotopic (exact) mass is 279 g/mol. The van der Waals surface area contributed by atoms with Crippen LogP contribution in [0, 0.1) is 0 Å². The number of pyridine rings is 1. The predicted molar refractivity (Wildman–Crippen MR) is 81.5 cm³/mol. The van der Waals surface area contributed by atoms with Gasteiger partial charge >= 0.3 is 0 Å². The third-order valence-corrected chi connectivity index (χ3v) is 3.30. The van der Waals surface area contributed by atoms with Crippen LogP contribution in [-0.2, 0) is 13.0 Å². The van der Waals surface area contributed by atoms with Crippen molar-refractivity contribution < 1.29 is 4.74 Å². The van der Waals surface area contributed by atoms with E-state index in [1.54, 1.807) is 12.5 Å². The molecule has 0 aliphatic heterocycles. The van der Waals surface area contributed by atoms with Crippen LogP contribution >= 0.6 is 0 Å².